The molecule has 17 heavy (non-hydrogen) atoms. The van der Waals surface area contributed by atoms with E-state index in [9.17, 15) is 0 Å². The van der Waals surface area contributed by atoms with E-state index in [0.717, 1.165) is 28.2 Å². The van der Waals surface area contributed by atoms with Crippen molar-refractivity contribution in [2.24, 2.45) is 0 Å². The van der Waals surface area contributed by atoms with E-state index >= 15 is 0 Å². The molecule has 1 heterocycles. The van der Waals surface area contributed by atoms with Gasteiger partial charge in [0.1, 0.15) is 11.6 Å². The summed E-state index contributed by atoms with van der Waals surface area (Å²) in [5.74, 6) is 2.01. The third-order valence-electron chi connectivity index (χ3n) is 2.58. The van der Waals surface area contributed by atoms with Crippen LogP contribution in [-0.2, 0) is 11.2 Å². The number of methoxy groups -OCH3 is 1. The van der Waals surface area contributed by atoms with E-state index in [1.165, 1.54) is 0 Å². The first-order valence-electron chi connectivity index (χ1n) is 5.76. The molecule has 1 aromatic rings. The molecule has 0 saturated heterocycles. The van der Waals surface area contributed by atoms with Crippen LogP contribution in [0.1, 0.15) is 38.2 Å². The zero-order valence-corrected chi connectivity index (χ0v) is 12.6. The van der Waals surface area contributed by atoms with Crippen LogP contribution in [0, 0.1) is 0 Å². The van der Waals surface area contributed by atoms with Crippen LogP contribution >= 0.6 is 15.9 Å². The molecule has 0 aromatic carbocycles. The van der Waals surface area contributed by atoms with Gasteiger partial charge in [0.15, 0.2) is 0 Å². The molecule has 5 heteroatoms. The molecule has 0 fully saturated rings. The Morgan fingerprint density at radius 3 is 2.41 bits per heavy atom. The molecule has 1 aromatic heterocycles. The van der Waals surface area contributed by atoms with Gasteiger partial charge in [0, 0.05) is 20.6 Å². The fourth-order valence-corrected chi connectivity index (χ4v) is 2.33. The lowest BCUT2D eigenvalue weighted by atomic mass is 10.1. The molecule has 0 saturated carbocycles. The molecule has 0 spiro atoms. The Morgan fingerprint density at radius 1 is 1.29 bits per heavy atom. The topological polar surface area (TPSA) is 47.0 Å². The lowest BCUT2D eigenvalue weighted by Crippen LogP contribution is -2.14. The molecule has 0 aliphatic carbocycles. The van der Waals surface area contributed by atoms with E-state index in [1.807, 2.05) is 14.0 Å². The minimum Gasteiger partial charge on any atom is -0.381 e. The molecule has 96 valence electrons. The monoisotopic (exact) mass is 301 g/mol. The summed E-state index contributed by atoms with van der Waals surface area (Å²) in [7, 11) is 3.56. The van der Waals surface area contributed by atoms with Crippen molar-refractivity contribution < 1.29 is 4.74 Å². The Balaban J connectivity index is 3.11. The summed E-state index contributed by atoms with van der Waals surface area (Å²) in [6, 6.07) is 0. The average molecular weight is 302 g/mol. The molecule has 0 aliphatic heterocycles. The molecule has 0 bridgehead atoms. The van der Waals surface area contributed by atoms with Crippen LogP contribution in [0.2, 0.25) is 0 Å². The average Bonchev–Trinajstić information content (AvgIpc) is 2.30. The lowest BCUT2D eigenvalue weighted by Gasteiger charge is -2.15. The maximum absolute atomic E-state index is 5.25. The molecule has 0 amide bonds. The minimum atomic E-state index is 0.126. The number of aromatic nitrogens is 2. The Kier molecular flexibility index (Phi) is 5.33. The molecule has 1 unspecified atom stereocenters. The van der Waals surface area contributed by atoms with Crippen LogP contribution < -0.4 is 5.32 Å². The van der Waals surface area contributed by atoms with Gasteiger partial charge in [-0.3, -0.25) is 0 Å². The highest BCUT2D eigenvalue weighted by molar-refractivity contribution is 9.10. The van der Waals surface area contributed by atoms with Crippen molar-refractivity contribution in [2.45, 2.75) is 39.2 Å². The summed E-state index contributed by atoms with van der Waals surface area (Å²) in [6.07, 6.45) is 0.846. The number of ether oxygens (including phenoxy) is 1. The second-order valence-corrected chi connectivity index (χ2v) is 5.14. The number of anilines is 1. The highest BCUT2D eigenvalue weighted by Gasteiger charge is 2.15. The first-order valence-corrected chi connectivity index (χ1v) is 6.55. The van der Waals surface area contributed by atoms with Crippen molar-refractivity contribution in [2.75, 3.05) is 19.5 Å². The fraction of sp³-hybridized carbons (Fsp3) is 0.667. The second-order valence-electron chi connectivity index (χ2n) is 4.34. The number of nitrogens with one attached hydrogen (secondary N) is 1. The van der Waals surface area contributed by atoms with Crippen molar-refractivity contribution in [1.29, 1.82) is 0 Å². The summed E-state index contributed by atoms with van der Waals surface area (Å²) < 4.78 is 6.19. The van der Waals surface area contributed by atoms with Crippen molar-refractivity contribution in [3.8, 4) is 0 Å². The number of nitrogens with zero attached hydrogens (tertiary/aromatic N) is 2. The Morgan fingerprint density at radius 2 is 1.94 bits per heavy atom. The SMILES string of the molecule is CNc1nc(CC(C)OC)nc(C(C)C)c1Br. The van der Waals surface area contributed by atoms with Crippen LogP contribution in [-0.4, -0.2) is 30.2 Å². The standard InChI is InChI=1S/C12H20BrN3O/c1-7(2)11-10(13)12(14-4)16-9(15-11)6-8(3)17-5/h7-8H,6H2,1-5H3,(H,14,15,16). The van der Waals surface area contributed by atoms with Gasteiger partial charge in [0.25, 0.3) is 0 Å². The van der Waals surface area contributed by atoms with Gasteiger partial charge in [0.05, 0.1) is 16.3 Å². The zero-order valence-electron chi connectivity index (χ0n) is 11.0. The van der Waals surface area contributed by atoms with Crippen LogP contribution in [0.3, 0.4) is 0 Å². The van der Waals surface area contributed by atoms with Gasteiger partial charge in [-0.2, -0.15) is 0 Å². The first kappa shape index (κ1) is 14.4. The summed E-state index contributed by atoms with van der Waals surface area (Å²) in [5, 5.41) is 3.08. The minimum absolute atomic E-state index is 0.126. The third-order valence-corrected chi connectivity index (χ3v) is 3.36. The second kappa shape index (κ2) is 6.31. The van der Waals surface area contributed by atoms with E-state index in [-0.39, 0.29) is 6.10 Å². The Labute approximate surface area is 111 Å². The lowest BCUT2D eigenvalue weighted by molar-refractivity contribution is 0.117. The fourth-order valence-electron chi connectivity index (χ4n) is 1.49. The van der Waals surface area contributed by atoms with E-state index in [1.54, 1.807) is 7.11 Å². The predicted octanol–water partition coefficient (Wildman–Crippen LogP) is 2.98. The van der Waals surface area contributed by atoms with E-state index in [4.69, 9.17) is 4.74 Å². The van der Waals surface area contributed by atoms with Crippen molar-refractivity contribution in [3.63, 3.8) is 0 Å². The maximum atomic E-state index is 5.25. The van der Waals surface area contributed by atoms with Gasteiger partial charge in [-0.15, -0.1) is 0 Å². The third kappa shape index (κ3) is 3.64. The van der Waals surface area contributed by atoms with Crippen molar-refractivity contribution in [1.82, 2.24) is 9.97 Å². The quantitative estimate of drug-likeness (QED) is 0.908. The van der Waals surface area contributed by atoms with E-state index in [2.05, 4.69) is 45.1 Å². The summed E-state index contributed by atoms with van der Waals surface area (Å²) >= 11 is 3.54. The zero-order chi connectivity index (χ0) is 13.0. The largest absolute Gasteiger partial charge is 0.381 e. The van der Waals surface area contributed by atoms with Gasteiger partial charge in [-0.1, -0.05) is 13.8 Å². The number of rotatable bonds is 5. The van der Waals surface area contributed by atoms with Gasteiger partial charge in [0.2, 0.25) is 0 Å². The normalized spacial score (nSPS) is 12.9. The summed E-state index contributed by atoms with van der Waals surface area (Å²) in [6.45, 7) is 6.26. The predicted molar refractivity (Wildman–Crippen MR) is 73.5 cm³/mol. The highest BCUT2D eigenvalue weighted by atomic mass is 79.9. The smallest absolute Gasteiger partial charge is 0.144 e. The van der Waals surface area contributed by atoms with Crippen LogP contribution in [0.5, 0.6) is 0 Å². The molecule has 0 radical (unpaired) electrons. The maximum Gasteiger partial charge on any atom is 0.144 e. The number of halogens is 1. The summed E-state index contributed by atoms with van der Waals surface area (Å²) in [5.41, 5.74) is 1.03. The number of hydrogen-bond acceptors (Lipinski definition) is 4. The van der Waals surface area contributed by atoms with Crippen LogP contribution in [0.4, 0.5) is 5.82 Å². The first-order chi connectivity index (χ1) is 7.99. The molecular weight excluding hydrogens is 282 g/mol. The van der Waals surface area contributed by atoms with Crippen molar-refractivity contribution in [3.05, 3.63) is 16.0 Å². The van der Waals surface area contributed by atoms with Crippen LogP contribution in [0.15, 0.2) is 4.47 Å². The molecular formula is C12H20BrN3O. The molecule has 4 nitrogen and oxygen atoms in total. The molecule has 1 rings (SSSR count). The number of hydrogen-bond donors (Lipinski definition) is 1. The molecule has 1 N–H and O–H groups in total. The van der Waals surface area contributed by atoms with Gasteiger partial charge in [-0.05, 0) is 28.8 Å². The molecule has 0 aliphatic rings. The van der Waals surface area contributed by atoms with E-state index in [0.29, 0.717) is 5.92 Å². The highest BCUT2D eigenvalue weighted by Crippen LogP contribution is 2.28. The van der Waals surface area contributed by atoms with Crippen LogP contribution in [0.25, 0.3) is 0 Å². The Bertz CT molecular complexity index is 382. The van der Waals surface area contributed by atoms with Gasteiger partial charge in [-0.25, -0.2) is 9.97 Å². The molecule has 1 atom stereocenters. The van der Waals surface area contributed by atoms with E-state index < -0.39 is 0 Å². The van der Waals surface area contributed by atoms with Gasteiger partial charge >= 0.3 is 0 Å². The Hall–Kier alpha value is -0.680. The summed E-state index contributed by atoms with van der Waals surface area (Å²) in [4.78, 5) is 9.06. The van der Waals surface area contributed by atoms with Crippen molar-refractivity contribution >= 4 is 21.7 Å². The van der Waals surface area contributed by atoms with Gasteiger partial charge < -0.3 is 10.1 Å².